The fourth-order valence-electron chi connectivity index (χ4n) is 3.21. The first kappa shape index (κ1) is 15.3. The number of hydrogen-bond acceptors (Lipinski definition) is 5. The third-order valence-electron chi connectivity index (χ3n) is 4.56. The highest BCUT2D eigenvalue weighted by Crippen LogP contribution is 2.30. The number of rotatable bonds is 3. The van der Waals surface area contributed by atoms with Crippen molar-refractivity contribution >= 4 is 17.5 Å². The Morgan fingerprint density at radius 1 is 1.43 bits per heavy atom. The van der Waals surface area contributed by atoms with Crippen molar-refractivity contribution in [3.8, 4) is 6.07 Å². The van der Waals surface area contributed by atoms with Gasteiger partial charge in [-0.1, -0.05) is 0 Å². The van der Waals surface area contributed by atoms with Crippen molar-refractivity contribution in [2.75, 3.05) is 31.6 Å². The van der Waals surface area contributed by atoms with Crippen LogP contribution in [0, 0.1) is 24.2 Å². The van der Waals surface area contributed by atoms with Gasteiger partial charge in [-0.25, -0.2) is 0 Å². The van der Waals surface area contributed by atoms with E-state index in [1.165, 1.54) is 0 Å². The molecule has 1 unspecified atom stereocenters. The predicted octanol–water partition coefficient (Wildman–Crippen LogP) is 0.0448. The second-order valence-electron chi connectivity index (χ2n) is 6.07. The summed E-state index contributed by atoms with van der Waals surface area (Å²) in [6, 6.07) is 4.16. The van der Waals surface area contributed by atoms with E-state index in [1.54, 1.807) is 18.1 Å². The maximum absolute atomic E-state index is 12.1. The van der Waals surface area contributed by atoms with Gasteiger partial charge in [0, 0.05) is 45.0 Å². The second-order valence-corrected chi connectivity index (χ2v) is 6.07. The van der Waals surface area contributed by atoms with Gasteiger partial charge in [0.05, 0.1) is 23.2 Å². The van der Waals surface area contributed by atoms with E-state index in [4.69, 9.17) is 0 Å². The van der Waals surface area contributed by atoms with Crippen LogP contribution in [0.2, 0.25) is 0 Å². The first-order valence-corrected chi connectivity index (χ1v) is 7.66. The molecule has 1 atom stereocenters. The van der Waals surface area contributed by atoms with Crippen LogP contribution < -0.4 is 10.2 Å². The van der Waals surface area contributed by atoms with Crippen LogP contribution in [0.1, 0.15) is 17.7 Å². The fraction of sp³-hybridized carbons (Fsp3) is 0.500. The number of carbonyl (C=O) groups is 2. The number of aryl methyl sites for hydroxylation is 1. The number of likely N-dealkylation sites (tertiary alicyclic amines) is 1. The summed E-state index contributed by atoms with van der Waals surface area (Å²) in [6.45, 7) is 3.74. The molecule has 2 amide bonds. The minimum Gasteiger partial charge on any atom is -0.366 e. The molecule has 23 heavy (non-hydrogen) atoms. The van der Waals surface area contributed by atoms with Gasteiger partial charge in [0.2, 0.25) is 11.8 Å². The van der Waals surface area contributed by atoms with Gasteiger partial charge in [-0.3, -0.25) is 14.6 Å². The number of nitriles is 1. The van der Waals surface area contributed by atoms with E-state index in [0.717, 1.165) is 11.4 Å². The zero-order valence-electron chi connectivity index (χ0n) is 13.2. The zero-order chi connectivity index (χ0) is 16.6. The van der Waals surface area contributed by atoms with E-state index >= 15 is 0 Å². The topological polar surface area (TPSA) is 89.3 Å². The molecule has 2 fully saturated rings. The van der Waals surface area contributed by atoms with Crippen LogP contribution in [0.3, 0.4) is 0 Å². The average molecular weight is 313 g/mol. The summed E-state index contributed by atoms with van der Waals surface area (Å²) >= 11 is 0. The number of anilines is 1. The van der Waals surface area contributed by atoms with E-state index in [1.807, 2.05) is 13.0 Å². The van der Waals surface area contributed by atoms with Crippen LogP contribution in [0.4, 0.5) is 5.69 Å². The largest absolute Gasteiger partial charge is 0.366 e. The summed E-state index contributed by atoms with van der Waals surface area (Å²) in [5, 5.41) is 11.8. The Morgan fingerprint density at radius 2 is 2.17 bits per heavy atom. The molecule has 0 saturated carbocycles. The Labute approximate surface area is 134 Å². The zero-order valence-corrected chi connectivity index (χ0v) is 13.2. The van der Waals surface area contributed by atoms with Gasteiger partial charge in [-0.15, -0.1) is 0 Å². The van der Waals surface area contributed by atoms with Gasteiger partial charge in [0.15, 0.2) is 0 Å². The SMILES string of the molecule is CNC(=O)C1CC(=O)N(C2CN(c3cc(C)ncc3C#N)C2)C1. The van der Waals surface area contributed by atoms with E-state index in [9.17, 15) is 14.9 Å². The molecule has 7 nitrogen and oxygen atoms in total. The van der Waals surface area contributed by atoms with Gasteiger partial charge in [0.25, 0.3) is 0 Å². The molecule has 0 bridgehead atoms. The highest BCUT2D eigenvalue weighted by molar-refractivity contribution is 5.89. The van der Waals surface area contributed by atoms with E-state index in [2.05, 4.69) is 21.3 Å². The number of nitrogens with zero attached hydrogens (tertiary/aromatic N) is 4. The van der Waals surface area contributed by atoms with Crippen LogP contribution in [0.15, 0.2) is 12.3 Å². The Hall–Kier alpha value is -2.62. The van der Waals surface area contributed by atoms with Gasteiger partial charge < -0.3 is 15.1 Å². The Morgan fingerprint density at radius 3 is 2.83 bits per heavy atom. The van der Waals surface area contributed by atoms with Crippen molar-refractivity contribution in [3.63, 3.8) is 0 Å². The summed E-state index contributed by atoms with van der Waals surface area (Å²) in [5.41, 5.74) is 2.27. The van der Waals surface area contributed by atoms with Crippen molar-refractivity contribution in [3.05, 3.63) is 23.5 Å². The van der Waals surface area contributed by atoms with Crippen molar-refractivity contribution in [1.82, 2.24) is 15.2 Å². The molecule has 2 aliphatic heterocycles. The lowest BCUT2D eigenvalue weighted by atomic mass is 10.0. The lowest BCUT2D eigenvalue weighted by molar-refractivity contribution is -0.130. The number of nitrogens with one attached hydrogen (secondary N) is 1. The number of amides is 2. The molecule has 2 aliphatic rings. The first-order chi connectivity index (χ1) is 11.0. The summed E-state index contributed by atoms with van der Waals surface area (Å²) in [6.07, 6.45) is 1.87. The molecule has 3 heterocycles. The molecule has 3 rings (SSSR count). The number of pyridine rings is 1. The monoisotopic (exact) mass is 313 g/mol. The Kier molecular flexibility index (Phi) is 3.90. The molecule has 1 N–H and O–H groups in total. The van der Waals surface area contributed by atoms with Crippen LogP contribution in [-0.4, -0.2) is 54.4 Å². The maximum atomic E-state index is 12.1. The molecule has 1 aromatic heterocycles. The van der Waals surface area contributed by atoms with Crippen LogP contribution in [-0.2, 0) is 9.59 Å². The quantitative estimate of drug-likeness (QED) is 0.851. The van der Waals surface area contributed by atoms with E-state index < -0.39 is 0 Å². The fourth-order valence-corrected chi connectivity index (χ4v) is 3.21. The predicted molar refractivity (Wildman–Crippen MR) is 83.6 cm³/mol. The van der Waals surface area contributed by atoms with Crippen LogP contribution >= 0.6 is 0 Å². The van der Waals surface area contributed by atoms with Crippen molar-refractivity contribution < 1.29 is 9.59 Å². The molecular weight excluding hydrogens is 294 g/mol. The second kappa shape index (κ2) is 5.88. The summed E-state index contributed by atoms with van der Waals surface area (Å²) < 4.78 is 0. The van der Waals surface area contributed by atoms with Crippen molar-refractivity contribution in [2.24, 2.45) is 5.92 Å². The van der Waals surface area contributed by atoms with Gasteiger partial charge in [-0.05, 0) is 13.0 Å². The van der Waals surface area contributed by atoms with Crippen molar-refractivity contribution in [2.45, 2.75) is 19.4 Å². The molecule has 0 spiro atoms. The Balaban J connectivity index is 1.66. The molecule has 0 aliphatic carbocycles. The summed E-state index contributed by atoms with van der Waals surface area (Å²) in [7, 11) is 1.59. The molecule has 1 aromatic rings. The standard InChI is InChI=1S/C16H19N5O2/c1-10-3-14(12(5-17)6-19-10)20-8-13(9-20)21-7-11(4-15(21)22)16(23)18-2/h3,6,11,13H,4,7-9H2,1-2H3,(H,18,23). The molecule has 2 saturated heterocycles. The molecule has 120 valence electrons. The summed E-state index contributed by atoms with van der Waals surface area (Å²) in [5.74, 6) is -0.289. The minimum absolute atomic E-state index is 0.0367. The highest BCUT2D eigenvalue weighted by atomic mass is 16.2. The van der Waals surface area contributed by atoms with Gasteiger partial charge in [0.1, 0.15) is 6.07 Å². The average Bonchev–Trinajstić information content (AvgIpc) is 2.87. The maximum Gasteiger partial charge on any atom is 0.225 e. The lowest BCUT2D eigenvalue weighted by Gasteiger charge is -2.45. The van der Waals surface area contributed by atoms with Gasteiger partial charge >= 0.3 is 0 Å². The smallest absolute Gasteiger partial charge is 0.225 e. The van der Waals surface area contributed by atoms with Crippen LogP contribution in [0.25, 0.3) is 0 Å². The van der Waals surface area contributed by atoms with Crippen molar-refractivity contribution in [1.29, 1.82) is 5.26 Å². The number of aromatic nitrogens is 1. The number of hydrogen-bond donors (Lipinski definition) is 1. The third kappa shape index (κ3) is 2.72. The minimum atomic E-state index is -0.251. The molecule has 0 aromatic carbocycles. The normalized spacial score (nSPS) is 21.1. The molecular formula is C16H19N5O2. The third-order valence-corrected chi connectivity index (χ3v) is 4.56. The first-order valence-electron chi connectivity index (χ1n) is 7.66. The summed E-state index contributed by atoms with van der Waals surface area (Å²) in [4.78, 5) is 31.8. The van der Waals surface area contributed by atoms with E-state index in [-0.39, 0.29) is 30.2 Å². The highest BCUT2D eigenvalue weighted by Gasteiger charge is 2.42. The van der Waals surface area contributed by atoms with E-state index in [0.29, 0.717) is 25.2 Å². The number of carbonyl (C=O) groups excluding carboxylic acids is 2. The van der Waals surface area contributed by atoms with Crippen LogP contribution in [0.5, 0.6) is 0 Å². The molecule has 7 heteroatoms. The Bertz CT molecular complexity index is 690. The lowest BCUT2D eigenvalue weighted by Crippen LogP contribution is -2.60. The van der Waals surface area contributed by atoms with Gasteiger partial charge in [-0.2, -0.15) is 5.26 Å². The molecule has 0 radical (unpaired) electrons.